The first kappa shape index (κ1) is 10.4. The second kappa shape index (κ2) is 3.21. The molecule has 0 amide bonds. The van der Waals surface area contributed by atoms with Gasteiger partial charge in [-0.15, -0.1) is 0 Å². The highest BCUT2D eigenvalue weighted by molar-refractivity contribution is 5.04. The summed E-state index contributed by atoms with van der Waals surface area (Å²) in [5.41, 5.74) is 0.436. The average Bonchev–Trinajstić information content (AvgIpc) is 2.58. The summed E-state index contributed by atoms with van der Waals surface area (Å²) in [7, 11) is 0. The Kier molecular flexibility index (Phi) is 2.39. The summed E-state index contributed by atoms with van der Waals surface area (Å²) < 4.78 is 0. The Bertz CT molecular complexity index is 224. The second-order valence-corrected chi connectivity index (χ2v) is 5.75. The Balaban J connectivity index is 2.15. The highest BCUT2D eigenvalue weighted by atomic mass is 16.3. The minimum absolute atomic E-state index is 0.328. The summed E-state index contributed by atoms with van der Waals surface area (Å²) in [5.74, 6) is 1.54. The van der Waals surface area contributed by atoms with Crippen LogP contribution < -0.4 is 0 Å². The van der Waals surface area contributed by atoms with Gasteiger partial charge in [-0.25, -0.2) is 0 Å². The summed E-state index contributed by atoms with van der Waals surface area (Å²) in [6, 6.07) is 0. The SMILES string of the molecule is CC(O)C(O)C1C2CCC(C)(C2)C1C. The normalized spacial score (nSPS) is 50.8. The quantitative estimate of drug-likeness (QED) is 0.710. The van der Waals surface area contributed by atoms with Crippen LogP contribution in [0.1, 0.15) is 40.0 Å². The maximum atomic E-state index is 9.98. The van der Waals surface area contributed by atoms with Crippen LogP contribution in [0.25, 0.3) is 0 Å². The lowest BCUT2D eigenvalue weighted by molar-refractivity contribution is -0.0461. The smallest absolute Gasteiger partial charge is 0.0829 e. The topological polar surface area (TPSA) is 40.5 Å². The lowest BCUT2D eigenvalue weighted by Gasteiger charge is -2.37. The Morgan fingerprint density at radius 1 is 1.36 bits per heavy atom. The molecule has 2 aliphatic carbocycles. The molecule has 0 spiro atoms. The van der Waals surface area contributed by atoms with Crippen LogP contribution >= 0.6 is 0 Å². The predicted molar refractivity (Wildman–Crippen MR) is 55.8 cm³/mol. The Hall–Kier alpha value is -0.0800. The number of fused-ring (bicyclic) bond motifs is 2. The van der Waals surface area contributed by atoms with Crippen molar-refractivity contribution in [2.45, 2.75) is 52.2 Å². The predicted octanol–water partition coefficient (Wildman–Crippen LogP) is 1.80. The molecular formula is C12H22O2. The van der Waals surface area contributed by atoms with Crippen molar-refractivity contribution in [1.29, 1.82) is 0 Å². The monoisotopic (exact) mass is 198 g/mol. The lowest BCUT2D eigenvalue weighted by Crippen LogP contribution is -2.40. The summed E-state index contributed by atoms with van der Waals surface area (Å²) in [6.07, 6.45) is 2.71. The largest absolute Gasteiger partial charge is 0.391 e. The summed E-state index contributed by atoms with van der Waals surface area (Å²) in [5, 5.41) is 19.4. The molecule has 0 aliphatic heterocycles. The highest BCUT2D eigenvalue weighted by Crippen LogP contribution is 2.61. The van der Waals surface area contributed by atoms with Crippen LogP contribution in [0.3, 0.4) is 0 Å². The Morgan fingerprint density at radius 3 is 2.43 bits per heavy atom. The van der Waals surface area contributed by atoms with Gasteiger partial charge in [-0.1, -0.05) is 13.8 Å². The fourth-order valence-electron chi connectivity index (χ4n) is 3.83. The standard InChI is InChI=1S/C12H22O2/c1-7-10(11(14)8(2)13)9-4-5-12(7,3)6-9/h7-11,13-14H,4-6H2,1-3H3. The summed E-state index contributed by atoms with van der Waals surface area (Å²) in [4.78, 5) is 0. The van der Waals surface area contributed by atoms with Crippen LogP contribution in [0.5, 0.6) is 0 Å². The third-order valence-corrected chi connectivity index (χ3v) is 4.92. The van der Waals surface area contributed by atoms with Gasteiger partial charge in [0.1, 0.15) is 0 Å². The molecule has 0 aromatic carbocycles. The van der Waals surface area contributed by atoms with Gasteiger partial charge in [0, 0.05) is 0 Å². The molecule has 2 N–H and O–H groups in total. The third kappa shape index (κ3) is 1.31. The van der Waals surface area contributed by atoms with Crippen molar-refractivity contribution in [2.24, 2.45) is 23.2 Å². The van der Waals surface area contributed by atoms with Crippen molar-refractivity contribution in [3.05, 3.63) is 0 Å². The second-order valence-electron chi connectivity index (χ2n) is 5.75. The maximum absolute atomic E-state index is 9.98. The van der Waals surface area contributed by atoms with E-state index >= 15 is 0 Å². The number of hydrogen-bond donors (Lipinski definition) is 2. The van der Waals surface area contributed by atoms with Crippen LogP contribution in [0.4, 0.5) is 0 Å². The zero-order chi connectivity index (χ0) is 10.5. The Morgan fingerprint density at radius 2 is 2.00 bits per heavy atom. The molecule has 6 atom stereocenters. The number of aliphatic hydroxyl groups excluding tert-OH is 2. The van der Waals surface area contributed by atoms with E-state index < -0.39 is 12.2 Å². The van der Waals surface area contributed by atoms with Crippen LogP contribution in [-0.4, -0.2) is 22.4 Å². The maximum Gasteiger partial charge on any atom is 0.0829 e. The van der Waals surface area contributed by atoms with Crippen LogP contribution in [-0.2, 0) is 0 Å². The van der Waals surface area contributed by atoms with E-state index in [0.29, 0.717) is 23.2 Å². The molecule has 0 aromatic rings. The molecule has 6 unspecified atom stereocenters. The molecule has 0 aromatic heterocycles. The summed E-state index contributed by atoms with van der Waals surface area (Å²) in [6.45, 7) is 6.29. The molecule has 2 rings (SSSR count). The zero-order valence-corrected chi connectivity index (χ0v) is 9.40. The lowest BCUT2D eigenvalue weighted by atomic mass is 9.70. The van der Waals surface area contributed by atoms with Crippen molar-refractivity contribution in [3.63, 3.8) is 0 Å². The van der Waals surface area contributed by atoms with E-state index in [4.69, 9.17) is 0 Å². The van der Waals surface area contributed by atoms with E-state index in [1.165, 1.54) is 19.3 Å². The van der Waals surface area contributed by atoms with Gasteiger partial charge in [0.2, 0.25) is 0 Å². The van der Waals surface area contributed by atoms with E-state index in [-0.39, 0.29) is 0 Å². The number of rotatable bonds is 2. The molecular weight excluding hydrogens is 176 g/mol. The van der Waals surface area contributed by atoms with E-state index in [2.05, 4.69) is 13.8 Å². The van der Waals surface area contributed by atoms with Crippen molar-refractivity contribution in [1.82, 2.24) is 0 Å². The molecule has 2 aliphatic rings. The molecule has 0 heterocycles. The van der Waals surface area contributed by atoms with E-state index in [1.54, 1.807) is 6.92 Å². The van der Waals surface area contributed by atoms with Crippen molar-refractivity contribution < 1.29 is 10.2 Å². The number of hydrogen-bond acceptors (Lipinski definition) is 2. The minimum atomic E-state index is -0.578. The van der Waals surface area contributed by atoms with Gasteiger partial charge in [0.15, 0.2) is 0 Å². The van der Waals surface area contributed by atoms with Gasteiger partial charge >= 0.3 is 0 Å². The van der Waals surface area contributed by atoms with Crippen LogP contribution in [0.15, 0.2) is 0 Å². The van der Waals surface area contributed by atoms with E-state index in [9.17, 15) is 10.2 Å². The summed E-state index contributed by atoms with van der Waals surface area (Å²) >= 11 is 0. The van der Waals surface area contributed by atoms with Gasteiger partial charge in [0.25, 0.3) is 0 Å². The fourth-order valence-corrected chi connectivity index (χ4v) is 3.83. The first-order valence-electron chi connectivity index (χ1n) is 5.82. The van der Waals surface area contributed by atoms with Gasteiger partial charge in [-0.3, -0.25) is 0 Å². The Labute approximate surface area is 86.3 Å². The molecule has 2 bridgehead atoms. The first-order chi connectivity index (χ1) is 6.46. The molecule has 14 heavy (non-hydrogen) atoms. The third-order valence-electron chi connectivity index (χ3n) is 4.92. The van der Waals surface area contributed by atoms with E-state index in [1.807, 2.05) is 0 Å². The van der Waals surface area contributed by atoms with Crippen molar-refractivity contribution in [3.8, 4) is 0 Å². The van der Waals surface area contributed by atoms with Crippen molar-refractivity contribution in [2.75, 3.05) is 0 Å². The molecule has 82 valence electrons. The molecule has 2 nitrogen and oxygen atoms in total. The average molecular weight is 198 g/mol. The van der Waals surface area contributed by atoms with Crippen molar-refractivity contribution >= 4 is 0 Å². The fraction of sp³-hybridized carbons (Fsp3) is 1.00. The molecule has 2 saturated carbocycles. The molecule has 0 saturated heterocycles. The zero-order valence-electron chi connectivity index (χ0n) is 9.40. The minimum Gasteiger partial charge on any atom is -0.391 e. The van der Waals surface area contributed by atoms with Gasteiger partial charge < -0.3 is 10.2 Å². The van der Waals surface area contributed by atoms with Gasteiger partial charge in [-0.05, 0) is 49.4 Å². The molecule has 2 heteroatoms. The number of aliphatic hydroxyl groups is 2. The highest BCUT2D eigenvalue weighted by Gasteiger charge is 2.55. The van der Waals surface area contributed by atoms with Gasteiger partial charge in [0.05, 0.1) is 12.2 Å². The van der Waals surface area contributed by atoms with Gasteiger partial charge in [-0.2, -0.15) is 0 Å². The molecule has 0 radical (unpaired) electrons. The first-order valence-corrected chi connectivity index (χ1v) is 5.82. The van der Waals surface area contributed by atoms with Crippen LogP contribution in [0.2, 0.25) is 0 Å². The van der Waals surface area contributed by atoms with E-state index in [0.717, 1.165) is 0 Å². The van der Waals surface area contributed by atoms with Crippen LogP contribution in [0, 0.1) is 23.2 Å². The molecule has 2 fully saturated rings.